The highest BCUT2D eigenvalue weighted by Gasteiger charge is 2.40. The van der Waals surface area contributed by atoms with Crippen molar-refractivity contribution in [2.45, 2.75) is 77.6 Å². The molecule has 2 saturated heterocycles. The van der Waals surface area contributed by atoms with Crippen LogP contribution in [0.25, 0.3) is 17.0 Å². The van der Waals surface area contributed by atoms with E-state index in [4.69, 9.17) is 9.72 Å². The Morgan fingerprint density at radius 1 is 1.00 bits per heavy atom. The molecule has 1 spiro atoms. The fraction of sp³-hybridized carbons (Fsp3) is 0.531. The topological polar surface area (TPSA) is 142 Å². The van der Waals surface area contributed by atoms with E-state index in [9.17, 15) is 19.2 Å². The number of benzene rings is 1. The van der Waals surface area contributed by atoms with Crippen molar-refractivity contribution in [1.29, 1.82) is 0 Å². The van der Waals surface area contributed by atoms with Gasteiger partial charge in [-0.05, 0) is 76.2 Å². The maximum Gasteiger partial charge on any atom is 0.325 e. The van der Waals surface area contributed by atoms with Crippen LogP contribution >= 0.6 is 24.8 Å². The Morgan fingerprint density at radius 2 is 1.71 bits per heavy atom. The van der Waals surface area contributed by atoms with Crippen LogP contribution in [-0.4, -0.2) is 71.4 Å². The zero-order valence-electron chi connectivity index (χ0n) is 26.1. The number of aromatic nitrogens is 1. The largest absolute Gasteiger partial charge is 0.455 e. The van der Waals surface area contributed by atoms with Crippen LogP contribution in [0.2, 0.25) is 0 Å². The first kappa shape index (κ1) is 36.2. The molecule has 45 heavy (non-hydrogen) atoms. The molecule has 4 atom stereocenters. The Kier molecular flexibility index (Phi) is 12.4. The number of ether oxygens (including phenoxy) is 1. The number of pyridine rings is 1. The zero-order chi connectivity index (χ0) is 30.7. The van der Waals surface area contributed by atoms with Gasteiger partial charge in [-0.3, -0.25) is 24.2 Å². The van der Waals surface area contributed by atoms with Gasteiger partial charge in [0, 0.05) is 11.9 Å². The number of carbonyl (C=O) groups is 4. The molecule has 4 N–H and O–H groups in total. The molecule has 1 aromatic carbocycles. The number of fused-ring (bicyclic) bond motifs is 4. The van der Waals surface area contributed by atoms with Crippen LogP contribution in [-0.2, 0) is 23.9 Å². The summed E-state index contributed by atoms with van der Waals surface area (Å²) in [5, 5.41) is 11.5. The highest BCUT2D eigenvalue weighted by molar-refractivity contribution is 5.94. The minimum absolute atomic E-state index is 0. The number of rotatable bonds is 1. The number of nitrogens with one attached hydrogen (secondary N) is 4. The average Bonchev–Trinajstić information content (AvgIpc) is 3.01. The van der Waals surface area contributed by atoms with Crippen molar-refractivity contribution < 1.29 is 23.9 Å². The van der Waals surface area contributed by atoms with Crippen LogP contribution in [0, 0.1) is 11.3 Å². The number of halogens is 2. The lowest BCUT2D eigenvalue weighted by Crippen LogP contribution is -2.61. The summed E-state index contributed by atoms with van der Waals surface area (Å²) in [6, 6.07) is 7.28. The van der Waals surface area contributed by atoms with Crippen molar-refractivity contribution >= 4 is 65.5 Å². The van der Waals surface area contributed by atoms with Crippen molar-refractivity contribution in [2.75, 3.05) is 19.6 Å². The maximum atomic E-state index is 13.9. The monoisotopic (exact) mass is 662 g/mol. The summed E-state index contributed by atoms with van der Waals surface area (Å²) in [6.07, 6.45) is 5.55. The Labute approximate surface area is 276 Å². The van der Waals surface area contributed by atoms with E-state index in [0.717, 1.165) is 16.5 Å². The summed E-state index contributed by atoms with van der Waals surface area (Å²) < 4.78 is 5.79. The van der Waals surface area contributed by atoms with E-state index < -0.39 is 41.5 Å². The Balaban J connectivity index is 0.00000276. The van der Waals surface area contributed by atoms with E-state index in [2.05, 4.69) is 21.4 Å². The van der Waals surface area contributed by atoms with Crippen LogP contribution in [0.4, 0.5) is 0 Å². The molecule has 5 rings (SSSR count). The molecule has 246 valence electrons. The highest BCUT2D eigenvalue weighted by atomic mass is 35.5. The average molecular weight is 664 g/mol. The summed E-state index contributed by atoms with van der Waals surface area (Å²) in [7, 11) is 0. The van der Waals surface area contributed by atoms with Crippen LogP contribution in [0.5, 0.6) is 0 Å². The molecule has 1 aromatic heterocycles. The molecule has 0 radical (unpaired) electrons. The van der Waals surface area contributed by atoms with Gasteiger partial charge in [0.2, 0.25) is 11.8 Å². The SMILES string of the molecule is CC(C)[C@@H]1NC(=O)C2(/C=C/c3ccc4ccc(nc4c3)[C@@H](C)OC(=O)[C@@H]3CCCN(N3)C(=O)[C@H](C)NC1=O)CCNCC2.Cl.Cl. The summed E-state index contributed by atoms with van der Waals surface area (Å²) >= 11 is 0. The highest BCUT2D eigenvalue weighted by Crippen LogP contribution is 2.33. The van der Waals surface area contributed by atoms with Gasteiger partial charge in [-0.1, -0.05) is 44.2 Å². The molecule has 0 unspecified atom stereocenters. The number of piperidine rings is 1. The van der Waals surface area contributed by atoms with Crippen molar-refractivity contribution in [3.05, 3.63) is 47.7 Å². The summed E-state index contributed by atoms with van der Waals surface area (Å²) in [5.74, 6) is -1.70. The lowest BCUT2D eigenvalue weighted by atomic mass is 9.77. The van der Waals surface area contributed by atoms with Crippen molar-refractivity contribution in [2.24, 2.45) is 11.3 Å². The lowest BCUT2D eigenvalue weighted by molar-refractivity contribution is -0.157. The number of carbonyl (C=O) groups excluding carboxylic acids is 4. The standard InChI is InChI=1S/C32H42N6O5.2ClH/c1-19(2)27-28(39)34-20(3)29(40)38-17-5-6-25(37-38)30(41)43-21(4)24-10-9-23-8-7-22(18-26(23)35-24)11-12-32(31(42)36-27)13-15-33-16-14-32;;/h7-12,18-21,25,27,33,37H,5-6,13-17H2,1-4H3,(H,34,39)(H,36,42);2*1H/b12-11+;;/t20-,21+,25-,27-;;/m0../s1. The Hall–Kier alpha value is -3.25. The fourth-order valence-corrected chi connectivity index (χ4v) is 5.93. The first-order valence-electron chi connectivity index (χ1n) is 15.3. The lowest BCUT2D eigenvalue weighted by Gasteiger charge is -2.36. The third kappa shape index (κ3) is 8.13. The number of nitrogens with zero attached hydrogens (tertiary/aromatic N) is 2. The van der Waals surface area contributed by atoms with Crippen molar-refractivity contribution in [3.8, 4) is 0 Å². The summed E-state index contributed by atoms with van der Waals surface area (Å²) in [6.45, 7) is 8.84. The van der Waals surface area contributed by atoms with Gasteiger partial charge in [0.15, 0.2) is 0 Å². The van der Waals surface area contributed by atoms with Crippen LogP contribution in [0.1, 0.15) is 70.7 Å². The van der Waals surface area contributed by atoms with E-state index in [-0.39, 0.29) is 42.5 Å². The van der Waals surface area contributed by atoms with E-state index in [1.165, 1.54) is 5.01 Å². The number of hydrogen-bond donors (Lipinski definition) is 4. The number of esters is 1. The molecule has 5 bridgehead atoms. The van der Waals surface area contributed by atoms with E-state index in [0.29, 0.717) is 51.0 Å². The van der Waals surface area contributed by atoms with Gasteiger partial charge in [0.25, 0.3) is 5.91 Å². The molecule has 2 fully saturated rings. The van der Waals surface area contributed by atoms with Gasteiger partial charge in [0.05, 0.1) is 16.6 Å². The van der Waals surface area contributed by atoms with Gasteiger partial charge in [-0.25, -0.2) is 10.4 Å². The van der Waals surface area contributed by atoms with E-state index in [1.54, 1.807) is 13.8 Å². The number of hydrogen-bond acceptors (Lipinski definition) is 8. The predicted molar refractivity (Wildman–Crippen MR) is 177 cm³/mol. The number of cyclic esters (lactones) is 1. The normalized spacial score (nSPS) is 26.7. The second-order valence-electron chi connectivity index (χ2n) is 12.2. The minimum Gasteiger partial charge on any atom is -0.455 e. The van der Waals surface area contributed by atoms with E-state index in [1.807, 2.05) is 56.3 Å². The minimum atomic E-state index is -0.879. The third-order valence-electron chi connectivity index (χ3n) is 8.69. The maximum absolute atomic E-state index is 13.9. The molecule has 0 saturated carbocycles. The third-order valence-corrected chi connectivity index (χ3v) is 8.69. The molecule has 2 aromatic rings. The molecular weight excluding hydrogens is 619 g/mol. The Morgan fingerprint density at radius 3 is 2.42 bits per heavy atom. The summed E-state index contributed by atoms with van der Waals surface area (Å²) in [4.78, 5) is 58.6. The van der Waals surface area contributed by atoms with Crippen molar-refractivity contribution in [3.63, 3.8) is 0 Å². The molecule has 3 aliphatic heterocycles. The molecule has 11 nitrogen and oxygen atoms in total. The molecule has 4 heterocycles. The molecule has 3 amide bonds. The molecule has 3 aliphatic rings. The van der Waals surface area contributed by atoms with Crippen molar-refractivity contribution in [1.82, 2.24) is 31.4 Å². The zero-order valence-corrected chi connectivity index (χ0v) is 27.8. The second kappa shape index (κ2) is 15.4. The number of amides is 3. The quantitative estimate of drug-likeness (QED) is 0.341. The van der Waals surface area contributed by atoms with Crippen LogP contribution in [0.15, 0.2) is 36.4 Å². The fourth-order valence-electron chi connectivity index (χ4n) is 5.93. The molecule has 0 aliphatic carbocycles. The Bertz CT molecular complexity index is 1430. The van der Waals surface area contributed by atoms with Gasteiger partial charge in [0.1, 0.15) is 24.2 Å². The second-order valence-corrected chi connectivity index (χ2v) is 12.2. The molecular formula is C32H44Cl2N6O5. The smallest absolute Gasteiger partial charge is 0.325 e. The van der Waals surface area contributed by atoms with Gasteiger partial charge >= 0.3 is 5.97 Å². The molecule has 13 heteroatoms. The van der Waals surface area contributed by atoms with Gasteiger partial charge in [-0.15, -0.1) is 24.8 Å². The number of hydrazine groups is 1. The van der Waals surface area contributed by atoms with Gasteiger partial charge < -0.3 is 20.7 Å². The van der Waals surface area contributed by atoms with Crippen LogP contribution in [0.3, 0.4) is 0 Å². The first-order valence-corrected chi connectivity index (χ1v) is 15.3. The predicted octanol–water partition coefficient (Wildman–Crippen LogP) is 3.22. The van der Waals surface area contributed by atoms with Gasteiger partial charge in [-0.2, -0.15) is 0 Å². The first-order chi connectivity index (χ1) is 20.6. The van der Waals surface area contributed by atoms with Crippen LogP contribution < -0.4 is 21.4 Å². The summed E-state index contributed by atoms with van der Waals surface area (Å²) in [5.41, 5.74) is 4.43. The van der Waals surface area contributed by atoms with E-state index >= 15 is 0 Å².